The molecule has 0 bridgehead atoms. The van der Waals surface area contributed by atoms with E-state index in [2.05, 4.69) is 0 Å². The maximum Gasteiger partial charge on any atom is 0.323 e. The highest BCUT2D eigenvalue weighted by atomic mass is 16.5. The van der Waals surface area contributed by atoms with E-state index in [0.29, 0.717) is 13.2 Å². The van der Waals surface area contributed by atoms with Gasteiger partial charge in [0, 0.05) is 20.7 Å². The van der Waals surface area contributed by atoms with E-state index in [9.17, 15) is 14.4 Å². The van der Waals surface area contributed by atoms with Crippen molar-refractivity contribution in [2.75, 3.05) is 40.4 Å². The van der Waals surface area contributed by atoms with Crippen LogP contribution in [0.3, 0.4) is 0 Å². The standard InChI is InChI=1S/C9H17N3O5/c1-11(3-4-17-2)9(16)12(5-7(10)13)6-8(14)15/h3-6H2,1-2H3,(H2,10,13)(H,14,15). The number of nitrogens with zero attached hydrogens (tertiary/aromatic N) is 2. The lowest BCUT2D eigenvalue weighted by atomic mass is 10.4. The highest BCUT2D eigenvalue weighted by Crippen LogP contribution is 1.97. The minimum Gasteiger partial charge on any atom is -0.480 e. The Morgan fingerprint density at radius 3 is 2.29 bits per heavy atom. The number of nitrogens with two attached hydrogens (primary N) is 1. The molecule has 3 amide bonds. The van der Waals surface area contributed by atoms with Gasteiger partial charge in [0.25, 0.3) is 0 Å². The van der Waals surface area contributed by atoms with E-state index >= 15 is 0 Å². The molecule has 0 heterocycles. The summed E-state index contributed by atoms with van der Waals surface area (Å²) in [6.45, 7) is -0.383. The number of hydrogen-bond acceptors (Lipinski definition) is 4. The molecule has 0 atom stereocenters. The molecule has 0 spiro atoms. The van der Waals surface area contributed by atoms with Crippen molar-refractivity contribution < 1.29 is 24.2 Å². The van der Waals surface area contributed by atoms with E-state index in [1.54, 1.807) is 0 Å². The van der Waals surface area contributed by atoms with Crippen LogP contribution in [0.2, 0.25) is 0 Å². The van der Waals surface area contributed by atoms with Gasteiger partial charge in [-0.15, -0.1) is 0 Å². The number of likely N-dealkylation sites (N-methyl/N-ethyl adjacent to an activating group) is 1. The highest BCUT2D eigenvalue weighted by molar-refractivity contribution is 5.85. The number of ether oxygens (including phenoxy) is 1. The number of rotatable bonds is 7. The van der Waals surface area contributed by atoms with E-state index in [4.69, 9.17) is 15.6 Å². The Hall–Kier alpha value is -1.83. The molecule has 0 aliphatic carbocycles. The van der Waals surface area contributed by atoms with Gasteiger partial charge in [0.2, 0.25) is 5.91 Å². The summed E-state index contributed by atoms with van der Waals surface area (Å²) in [5, 5.41) is 8.61. The number of methoxy groups -OCH3 is 1. The molecule has 98 valence electrons. The molecule has 8 heteroatoms. The summed E-state index contributed by atoms with van der Waals surface area (Å²) >= 11 is 0. The van der Waals surface area contributed by atoms with E-state index in [0.717, 1.165) is 4.90 Å². The van der Waals surface area contributed by atoms with Crippen molar-refractivity contribution >= 4 is 17.9 Å². The van der Waals surface area contributed by atoms with Crippen LogP contribution in [0.15, 0.2) is 0 Å². The van der Waals surface area contributed by atoms with Gasteiger partial charge in [0.1, 0.15) is 13.1 Å². The number of carbonyl (C=O) groups is 3. The molecule has 0 radical (unpaired) electrons. The SMILES string of the molecule is COCCN(C)C(=O)N(CC(N)=O)CC(=O)O. The average Bonchev–Trinajstić information content (AvgIpc) is 2.22. The smallest absolute Gasteiger partial charge is 0.323 e. The molecule has 8 nitrogen and oxygen atoms in total. The number of aliphatic carboxylic acids is 1. The Morgan fingerprint density at radius 1 is 1.29 bits per heavy atom. The molecule has 0 aromatic carbocycles. The number of amides is 3. The fraction of sp³-hybridized carbons (Fsp3) is 0.667. The molecule has 0 aliphatic rings. The van der Waals surface area contributed by atoms with Gasteiger partial charge in [-0.1, -0.05) is 0 Å². The Bertz CT molecular complexity index is 278. The molecular formula is C9H17N3O5. The van der Waals surface area contributed by atoms with Crippen LogP contribution in [0, 0.1) is 0 Å². The first kappa shape index (κ1) is 15.2. The van der Waals surface area contributed by atoms with Crippen molar-refractivity contribution in [1.82, 2.24) is 9.80 Å². The normalized spacial score (nSPS) is 9.76. The summed E-state index contributed by atoms with van der Waals surface area (Å²) in [6.07, 6.45) is 0. The number of urea groups is 1. The second-order valence-corrected chi connectivity index (χ2v) is 3.41. The molecule has 0 rings (SSSR count). The lowest BCUT2D eigenvalue weighted by molar-refractivity contribution is -0.138. The maximum absolute atomic E-state index is 11.7. The molecular weight excluding hydrogens is 230 g/mol. The lowest BCUT2D eigenvalue weighted by Crippen LogP contribution is -2.47. The molecule has 0 fully saturated rings. The third kappa shape index (κ3) is 6.36. The molecule has 17 heavy (non-hydrogen) atoms. The zero-order chi connectivity index (χ0) is 13.4. The van der Waals surface area contributed by atoms with E-state index in [1.165, 1.54) is 19.1 Å². The van der Waals surface area contributed by atoms with Gasteiger partial charge in [0.15, 0.2) is 0 Å². The number of primary amides is 1. The molecule has 0 aromatic heterocycles. The summed E-state index contributed by atoms with van der Waals surface area (Å²) in [6, 6.07) is -0.580. The third-order valence-electron chi connectivity index (χ3n) is 1.90. The first-order valence-electron chi connectivity index (χ1n) is 4.87. The Balaban J connectivity index is 4.49. The van der Waals surface area contributed by atoms with Crippen LogP contribution in [0.5, 0.6) is 0 Å². The number of carboxylic acids is 1. The van der Waals surface area contributed by atoms with Crippen LogP contribution in [-0.4, -0.2) is 73.2 Å². The van der Waals surface area contributed by atoms with Gasteiger partial charge in [-0.2, -0.15) is 0 Å². The summed E-state index contributed by atoms with van der Waals surface area (Å²) in [4.78, 5) is 35.1. The van der Waals surface area contributed by atoms with Crippen molar-refractivity contribution in [1.29, 1.82) is 0 Å². The Kier molecular flexibility index (Phi) is 6.64. The molecule has 0 aliphatic heterocycles. The van der Waals surface area contributed by atoms with Crippen molar-refractivity contribution in [3.63, 3.8) is 0 Å². The maximum atomic E-state index is 11.7. The zero-order valence-corrected chi connectivity index (χ0v) is 9.88. The second kappa shape index (κ2) is 7.44. The molecule has 0 unspecified atom stereocenters. The van der Waals surface area contributed by atoms with Gasteiger partial charge in [-0.05, 0) is 0 Å². The van der Waals surface area contributed by atoms with Crippen molar-refractivity contribution in [2.24, 2.45) is 5.73 Å². The van der Waals surface area contributed by atoms with Crippen molar-refractivity contribution in [3.8, 4) is 0 Å². The van der Waals surface area contributed by atoms with Gasteiger partial charge in [-0.25, -0.2) is 4.79 Å². The van der Waals surface area contributed by atoms with Gasteiger partial charge < -0.3 is 25.4 Å². The van der Waals surface area contributed by atoms with Crippen LogP contribution in [0.25, 0.3) is 0 Å². The van der Waals surface area contributed by atoms with Gasteiger partial charge in [0.05, 0.1) is 6.61 Å². The number of hydrogen-bond donors (Lipinski definition) is 2. The lowest BCUT2D eigenvalue weighted by Gasteiger charge is -2.25. The minimum absolute atomic E-state index is 0.296. The van der Waals surface area contributed by atoms with E-state index in [-0.39, 0.29) is 0 Å². The van der Waals surface area contributed by atoms with Gasteiger partial charge >= 0.3 is 12.0 Å². The van der Waals surface area contributed by atoms with Crippen LogP contribution < -0.4 is 5.73 Å². The van der Waals surface area contributed by atoms with Crippen LogP contribution in [0.1, 0.15) is 0 Å². The summed E-state index contributed by atoms with van der Waals surface area (Å²) in [5.74, 6) is -1.97. The first-order valence-corrected chi connectivity index (χ1v) is 4.87. The predicted molar refractivity (Wildman–Crippen MR) is 58.3 cm³/mol. The average molecular weight is 247 g/mol. The largest absolute Gasteiger partial charge is 0.480 e. The Labute approximate surface area is 98.9 Å². The van der Waals surface area contributed by atoms with E-state index in [1.807, 2.05) is 0 Å². The van der Waals surface area contributed by atoms with E-state index < -0.39 is 31.0 Å². The fourth-order valence-electron chi connectivity index (χ4n) is 1.11. The molecule has 3 N–H and O–H groups in total. The van der Waals surface area contributed by atoms with Crippen LogP contribution in [0.4, 0.5) is 4.79 Å². The number of carboxylic acid groups (broad SMARTS) is 1. The topological polar surface area (TPSA) is 113 Å². The quantitative estimate of drug-likeness (QED) is 0.571. The summed E-state index contributed by atoms with van der Waals surface area (Å²) in [5.41, 5.74) is 4.94. The summed E-state index contributed by atoms with van der Waals surface area (Å²) < 4.78 is 4.78. The first-order chi connectivity index (χ1) is 7.88. The number of carbonyl (C=O) groups excluding carboxylic acids is 2. The monoisotopic (exact) mass is 247 g/mol. The second-order valence-electron chi connectivity index (χ2n) is 3.41. The zero-order valence-electron chi connectivity index (χ0n) is 9.88. The Morgan fingerprint density at radius 2 is 1.88 bits per heavy atom. The molecule has 0 saturated heterocycles. The van der Waals surface area contributed by atoms with Crippen molar-refractivity contribution in [3.05, 3.63) is 0 Å². The molecule has 0 saturated carbocycles. The fourth-order valence-corrected chi connectivity index (χ4v) is 1.11. The van der Waals surface area contributed by atoms with Crippen LogP contribution in [-0.2, 0) is 14.3 Å². The highest BCUT2D eigenvalue weighted by Gasteiger charge is 2.21. The molecule has 0 aromatic rings. The van der Waals surface area contributed by atoms with Gasteiger partial charge in [-0.3, -0.25) is 9.59 Å². The third-order valence-corrected chi connectivity index (χ3v) is 1.90. The summed E-state index contributed by atoms with van der Waals surface area (Å²) in [7, 11) is 2.97. The predicted octanol–water partition coefficient (Wildman–Crippen LogP) is -1.44. The van der Waals surface area contributed by atoms with Crippen LogP contribution >= 0.6 is 0 Å². The van der Waals surface area contributed by atoms with Crippen molar-refractivity contribution in [2.45, 2.75) is 0 Å². The minimum atomic E-state index is -1.21.